The number of phosphoric ester groups is 2. The van der Waals surface area contributed by atoms with Crippen molar-refractivity contribution >= 4 is 33.6 Å². The van der Waals surface area contributed by atoms with E-state index in [-0.39, 0.29) is 19.3 Å². The molecule has 0 saturated carbocycles. The zero-order chi connectivity index (χ0) is 89.3. The normalized spacial score (nSPS) is 14.6. The Balaban J connectivity index is 4.47. The lowest BCUT2D eigenvalue weighted by molar-refractivity contribution is -0.161. The van der Waals surface area contributed by atoms with Crippen molar-refractivity contribution in [2.75, 3.05) is 39.6 Å². The molecule has 0 aromatic carbocycles. The minimum absolute atomic E-state index is 0.0731. The average molecular weight is 1760 g/mol. The third kappa shape index (κ3) is 96.9. The Kier molecular flexibility index (Phi) is 91.1. The Hall–Kier alpha value is -5.61. The van der Waals surface area contributed by atoms with Crippen molar-refractivity contribution in [3.63, 3.8) is 0 Å². The van der Waals surface area contributed by atoms with E-state index in [1.807, 2.05) is 0 Å². The van der Waals surface area contributed by atoms with Gasteiger partial charge in [0.25, 0.3) is 0 Å². The third-order valence-corrected chi connectivity index (χ3v) is 22.2. The quantitative estimate of drug-likeness (QED) is 0.0146. The Morgan fingerprint density at radius 3 is 0.642 bits per heavy atom. The maximum absolute atomic E-state index is 13.0. The van der Waals surface area contributed by atoms with Gasteiger partial charge in [0.1, 0.15) is 25.4 Å². The molecule has 0 rings (SSSR count). The highest BCUT2D eigenvalue weighted by atomic mass is 31.2. The molecule has 18 heteroatoms. The predicted octanol–water partition coefficient (Wildman–Crippen LogP) is 30.6. The first-order chi connectivity index (χ1) is 60.2. The molecule has 0 fully saturated rings. The molecule has 123 heavy (non-hydrogen) atoms. The van der Waals surface area contributed by atoms with Crippen molar-refractivity contribution in [2.45, 2.75) is 411 Å². The second-order valence-electron chi connectivity index (χ2n) is 32.1. The summed E-state index contributed by atoms with van der Waals surface area (Å²) in [7, 11) is -9.82. The van der Waals surface area contributed by atoms with E-state index in [4.69, 9.17) is 32.3 Å². The van der Waals surface area contributed by atoms with Crippen molar-refractivity contribution in [1.29, 1.82) is 0 Å². The number of hydrogen-bond acceptors (Lipinski definition) is 14. The summed E-state index contributed by atoms with van der Waals surface area (Å²) in [5.41, 5.74) is 0. The van der Waals surface area contributed by atoms with Crippen LogP contribution >= 0.6 is 15.6 Å². The van der Waals surface area contributed by atoms with Crippen LogP contribution in [0.4, 0.5) is 0 Å². The van der Waals surface area contributed by atoms with E-state index < -0.39 is 91.5 Å². The summed E-state index contributed by atoms with van der Waals surface area (Å²) in [6.45, 7) is 2.35. The van der Waals surface area contributed by atoms with Crippen LogP contribution in [0.25, 0.3) is 0 Å². The summed E-state index contributed by atoms with van der Waals surface area (Å²) < 4.78 is 61.5. The molecule has 0 aliphatic heterocycles. The van der Waals surface area contributed by atoms with E-state index in [1.165, 1.54) is 167 Å². The zero-order valence-electron chi connectivity index (χ0n) is 77.5. The van der Waals surface area contributed by atoms with Gasteiger partial charge in [-0.05, 0) is 161 Å². The van der Waals surface area contributed by atoms with Gasteiger partial charge in [-0.1, -0.05) is 408 Å². The van der Waals surface area contributed by atoms with Crippen LogP contribution in [0.15, 0.2) is 194 Å². The molecule has 702 valence electrons. The molecule has 0 aliphatic carbocycles. The number of aliphatic hydroxyl groups excluding tert-OH is 2. The van der Waals surface area contributed by atoms with E-state index in [9.17, 15) is 43.5 Å². The second-order valence-corrected chi connectivity index (χ2v) is 35.0. The number of unbranched alkanes of at least 4 members (excludes halogenated alkanes) is 36. The van der Waals surface area contributed by atoms with Gasteiger partial charge in [0.15, 0.2) is 6.10 Å². The lowest BCUT2D eigenvalue weighted by Gasteiger charge is -2.21. The van der Waals surface area contributed by atoms with E-state index in [1.54, 1.807) is 0 Å². The summed E-state index contributed by atoms with van der Waals surface area (Å²) >= 11 is 0. The molecular weight excluding hydrogens is 1580 g/mol. The number of aliphatic hydroxyl groups is 2. The van der Waals surface area contributed by atoms with Crippen molar-refractivity contribution in [2.24, 2.45) is 0 Å². The number of carbonyl (C=O) groups is 3. The van der Waals surface area contributed by atoms with E-state index >= 15 is 0 Å². The molecular formula is C105H176O16P2. The maximum atomic E-state index is 13.0. The van der Waals surface area contributed by atoms with Crippen LogP contribution in [0.2, 0.25) is 0 Å². The summed E-state index contributed by atoms with van der Waals surface area (Å²) in [6.07, 6.45) is 128. The highest BCUT2D eigenvalue weighted by molar-refractivity contribution is 7.47. The fraction of sp³-hybridized carbons (Fsp3) is 0.667. The lowest BCUT2D eigenvalue weighted by Crippen LogP contribution is -2.30. The fourth-order valence-corrected chi connectivity index (χ4v) is 14.6. The third-order valence-electron chi connectivity index (χ3n) is 20.3. The number of rotatable bonds is 91. The lowest BCUT2D eigenvalue weighted by atomic mass is 10.0. The Morgan fingerprint density at radius 2 is 0.407 bits per heavy atom. The van der Waals surface area contributed by atoms with Gasteiger partial charge in [0.2, 0.25) is 0 Å². The summed E-state index contributed by atoms with van der Waals surface area (Å²) in [5, 5.41) is 20.8. The molecule has 0 aliphatic rings. The van der Waals surface area contributed by atoms with Gasteiger partial charge < -0.3 is 34.2 Å². The Morgan fingerprint density at radius 1 is 0.228 bits per heavy atom. The first-order valence-electron chi connectivity index (χ1n) is 48.7. The molecule has 0 heterocycles. The molecule has 5 atom stereocenters. The van der Waals surface area contributed by atoms with Crippen molar-refractivity contribution in [1.82, 2.24) is 0 Å². The largest absolute Gasteiger partial charge is 0.472 e. The average Bonchev–Trinajstić information content (AvgIpc) is 0.897. The van der Waals surface area contributed by atoms with Crippen LogP contribution in [0.3, 0.4) is 0 Å². The molecule has 0 radical (unpaired) electrons. The molecule has 5 unspecified atom stereocenters. The fourth-order valence-electron chi connectivity index (χ4n) is 13.0. The number of phosphoric acid groups is 2. The predicted molar refractivity (Wildman–Crippen MR) is 518 cm³/mol. The van der Waals surface area contributed by atoms with Gasteiger partial charge in [-0.15, -0.1) is 0 Å². The van der Waals surface area contributed by atoms with Crippen LogP contribution in [0, 0.1) is 0 Å². The van der Waals surface area contributed by atoms with E-state index in [0.29, 0.717) is 19.3 Å². The number of allylic oxidation sites excluding steroid dienone is 32. The molecule has 0 aromatic heterocycles. The molecule has 0 spiro atoms. The first kappa shape index (κ1) is 117. The highest BCUT2D eigenvalue weighted by Crippen LogP contribution is 2.45. The zero-order valence-corrected chi connectivity index (χ0v) is 79.3. The van der Waals surface area contributed by atoms with Gasteiger partial charge in [0, 0.05) is 19.3 Å². The molecule has 0 saturated heterocycles. The number of carbonyl (C=O) groups excluding carboxylic acids is 3. The molecule has 0 aromatic rings. The van der Waals surface area contributed by atoms with E-state index in [0.717, 1.165) is 167 Å². The number of esters is 3. The molecule has 0 amide bonds. The standard InChI is InChI=1S/C105H176O16P2/c1-4-7-10-13-16-19-22-25-28-31-33-35-37-39-41-43-45-47-49-51-53-55-57-59-61-63-65-68-70-73-76-79-82-85-88-91-103(108)115-94-100(106)95-117-122(111,112)118-96-101(107)97-119-123(113,114)120-99-102(121-105(110)93-90-87-84-81-78-75-72-67-30-27-24-21-18-15-12-9-6-3)98-116-104(109)92-89-86-83-80-77-74-71-69-66-64-62-60-58-56-54-52-50-48-46-44-42-40-38-36-34-32-29-26-23-20-17-14-11-8-5-2/h7-12,16-21,25-30,33-36,39-42,45-48,72,75,100-102,106-107H,4-6,13-15,22-24,31-32,37-38,43-44,49-71,73-74,76-99H2,1-3H3,(H,111,112)(H,113,114)/b10-7-,11-8-,12-9-,19-16-,20-17-,21-18-,28-25-,29-26-,30-27-,35-33-,36-34-,41-39-,42-40-,47-45-,48-46-,75-72-. The topological polar surface area (TPSA) is 231 Å². The number of hydrogen-bond donors (Lipinski definition) is 4. The SMILES string of the molecule is CC/C=C\C/C=C\C/C=C\C/C=C\C/C=C\C/C=C\CCCCCCCCCCCCCCCCCCC(=O)OCC(O)COP(=O)(O)OCC(O)COP(=O)(O)OCC(COC(=O)CCCCCCCCCCCCCCCCCC/C=C\C/C=C\C/C=C\C/C=C\C/C=C\C/C=C\CC)OC(=O)CCCCCC/C=C\C/C=C\C/C=C\C/C=C\CC. The van der Waals surface area contributed by atoms with Gasteiger partial charge >= 0.3 is 33.6 Å². The monoisotopic (exact) mass is 1760 g/mol. The molecule has 0 bridgehead atoms. The minimum atomic E-state index is -4.95. The minimum Gasteiger partial charge on any atom is -0.463 e. The van der Waals surface area contributed by atoms with Crippen LogP contribution in [0.1, 0.15) is 393 Å². The van der Waals surface area contributed by atoms with Crippen molar-refractivity contribution < 1.29 is 75.8 Å². The van der Waals surface area contributed by atoms with Crippen LogP contribution in [-0.2, 0) is 55.8 Å². The Labute approximate surface area is 750 Å². The Bertz CT molecular complexity index is 3020. The van der Waals surface area contributed by atoms with Crippen LogP contribution in [0.5, 0.6) is 0 Å². The highest BCUT2D eigenvalue weighted by Gasteiger charge is 2.30. The van der Waals surface area contributed by atoms with Crippen LogP contribution < -0.4 is 0 Å². The van der Waals surface area contributed by atoms with Gasteiger partial charge in [-0.25, -0.2) is 9.13 Å². The molecule has 4 N–H and O–H groups in total. The van der Waals surface area contributed by atoms with Gasteiger partial charge in [-0.2, -0.15) is 0 Å². The van der Waals surface area contributed by atoms with Crippen LogP contribution in [-0.4, -0.2) is 95.9 Å². The smallest absolute Gasteiger partial charge is 0.463 e. The van der Waals surface area contributed by atoms with Crippen molar-refractivity contribution in [3.8, 4) is 0 Å². The maximum Gasteiger partial charge on any atom is 0.472 e. The summed E-state index contributed by atoms with van der Waals surface area (Å²) in [5.74, 6) is -1.60. The first-order valence-corrected chi connectivity index (χ1v) is 51.7. The van der Waals surface area contributed by atoms with Gasteiger partial charge in [-0.3, -0.25) is 32.5 Å². The number of ether oxygens (including phenoxy) is 3. The van der Waals surface area contributed by atoms with Gasteiger partial charge in [0.05, 0.1) is 26.4 Å². The van der Waals surface area contributed by atoms with Crippen molar-refractivity contribution in [3.05, 3.63) is 194 Å². The van der Waals surface area contributed by atoms with E-state index in [2.05, 4.69) is 215 Å². The summed E-state index contributed by atoms with van der Waals surface area (Å²) in [4.78, 5) is 59.0. The summed E-state index contributed by atoms with van der Waals surface area (Å²) in [6, 6.07) is 0. The second kappa shape index (κ2) is 95.5. The molecule has 16 nitrogen and oxygen atoms in total.